The van der Waals surface area contributed by atoms with Gasteiger partial charge in [0, 0.05) is 11.8 Å². The summed E-state index contributed by atoms with van der Waals surface area (Å²) in [7, 11) is 0. The molecule has 7 rings (SSSR count). The fraction of sp³-hybridized carbons (Fsp3) is 0.357. The van der Waals surface area contributed by atoms with E-state index in [1.807, 2.05) is 26.0 Å². The van der Waals surface area contributed by atoms with Crippen LogP contribution in [-0.2, 0) is 19.2 Å². The van der Waals surface area contributed by atoms with Gasteiger partial charge in [0.15, 0.2) is 0 Å². The molecular weight excluding hydrogens is 460 g/mol. The van der Waals surface area contributed by atoms with Crippen molar-refractivity contribution in [1.82, 2.24) is 0 Å². The van der Waals surface area contributed by atoms with Gasteiger partial charge in [0.1, 0.15) is 11.5 Å². The lowest BCUT2D eigenvalue weighted by Crippen LogP contribution is -2.50. The molecule has 1 saturated carbocycles. The summed E-state index contributed by atoms with van der Waals surface area (Å²) in [5.41, 5.74) is 0.946. The molecule has 5 aliphatic rings. The van der Waals surface area contributed by atoms with Crippen LogP contribution in [0.4, 0.5) is 11.4 Å². The molecule has 0 spiro atoms. The molecule has 2 aromatic carbocycles. The first kappa shape index (κ1) is 22.5. The Balaban J connectivity index is 1.31. The van der Waals surface area contributed by atoms with E-state index in [2.05, 4.69) is 0 Å². The zero-order valence-corrected chi connectivity index (χ0v) is 20.0. The third-order valence-corrected chi connectivity index (χ3v) is 7.82. The zero-order valence-electron chi connectivity index (χ0n) is 20.0. The average molecular weight is 487 g/mol. The molecule has 36 heavy (non-hydrogen) atoms. The lowest BCUT2D eigenvalue weighted by molar-refractivity contribution is -0.137. The number of hydrogen-bond acceptors (Lipinski definition) is 6. The van der Waals surface area contributed by atoms with E-state index in [9.17, 15) is 19.2 Å². The van der Waals surface area contributed by atoms with E-state index >= 15 is 0 Å². The SMILES string of the molecule is CCOc1ccc(N2C(=O)[C@@H]3C4C=CC([C@@H]3C2=O)[C@@H]2C(=O)N(c3ccc(OCC)cc3)C(=O)[C@@H]42)cc1. The van der Waals surface area contributed by atoms with Gasteiger partial charge in [-0.05, 0) is 62.4 Å². The summed E-state index contributed by atoms with van der Waals surface area (Å²) < 4.78 is 10.9. The van der Waals surface area contributed by atoms with E-state index in [0.717, 1.165) is 0 Å². The number of rotatable bonds is 6. The number of hydrogen-bond donors (Lipinski definition) is 0. The fourth-order valence-electron chi connectivity index (χ4n) is 6.45. The molecule has 0 radical (unpaired) electrons. The van der Waals surface area contributed by atoms with Crippen LogP contribution in [0.25, 0.3) is 0 Å². The highest BCUT2D eigenvalue weighted by molar-refractivity contribution is 6.26. The molecule has 8 heteroatoms. The number of benzene rings is 2. The molecular formula is C28H26N2O6. The first-order valence-corrected chi connectivity index (χ1v) is 12.4. The van der Waals surface area contributed by atoms with E-state index in [4.69, 9.17) is 9.47 Å². The summed E-state index contributed by atoms with van der Waals surface area (Å²) in [6.07, 6.45) is 3.74. The average Bonchev–Trinajstić information content (AvgIpc) is 3.33. The van der Waals surface area contributed by atoms with E-state index in [1.54, 1.807) is 48.5 Å². The van der Waals surface area contributed by atoms with Gasteiger partial charge in [-0.2, -0.15) is 0 Å². The lowest BCUT2D eigenvalue weighted by atomic mass is 9.54. The van der Waals surface area contributed by atoms with Crippen molar-refractivity contribution in [3.63, 3.8) is 0 Å². The maximum absolute atomic E-state index is 13.6. The van der Waals surface area contributed by atoms with Gasteiger partial charge in [-0.15, -0.1) is 0 Å². The van der Waals surface area contributed by atoms with Gasteiger partial charge in [0.25, 0.3) is 0 Å². The number of nitrogens with zero attached hydrogens (tertiary/aromatic N) is 2. The summed E-state index contributed by atoms with van der Waals surface area (Å²) in [6.45, 7) is 4.79. The highest BCUT2D eigenvalue weighted by Crippen LogP contribution is 2.58. The molecule has 3 aliphatic carbocycles. The van der Waals surface area contributed by atoms with Crippen molar-refractivity contribution < 1.29 is 28.7 Å². The van der Waals surface area contributed by atoms with Crippen molar-refractivity contribution in [2.24, 2.45) is 35.5 Å². The van der Waals surface area contributed by atoms with Crippen LogP contribution in [0.5, 0.6) is 11.5 Å². The number of carbonyl (C=O) groups is 4. The lowest BCUT2D eigenvalue weighted by Gasteiger charge is -2.44. The van der Waals surface area contributed by atoms with E-state index in [1.165, 1.54) is 9.80 Å². The number of imide groups is 2. The molecule has 184 valence electrons. The predicted octanol–water partition coefficient (Wildman–Crippen LogP) is 3.21. The van der Waals surface area contributed by atoms with Gasteiger partial charge in [-0.1, -0.05) is 12.2 Å². The maximum atomic E-state index is 13.6. The largest absolute Gasteiger partial charge is 0.494 e. The van der Waals surface area contributed by atoms with Crippen molar-refractivity contribution in [3.8, 4) is 11.5 Å². The van der Waals surface area contributed by atoms with Crippen molar-refractivity contribution in [3.05, 3.63) is 60.7 Å². The molecule has 2 bridgehead atoms. The molecule has 2 aliphatic heterocycles. The number of carbonyl (C=O) groups excluding carboxylic acids is 4. The Morgan fingerprint density at radius 1 is 0.556 bits per heavy atom. The molecule has 8 nitrogen and oxygen atoms in total. The summed E-state index contributed by atoms with van der Waals surface area (Å²) in [6, 6.07) is 13.7. The Hall–Kier alpha value is -3.94. The minimum Gasteiger partial charge on any atom is -0.494 e. The van der Waals surface area contributed by atoms with Crippen LogP contribution in [-0.4, -0.2) is 36.8 Å². The van der Waals surface area contributed by atoms with E-state index in [-0.39, 0.29) is 23.6 Å². The smallest absolute Gasteiger partial charge is 0.238 e. The van der Waals surface area contributed by atoms with Crippen LogP contribution in [0.1, 0.15) is 13.8 Å². The Morgan fingerprint density at radius 2 is 0.861 bits per heavy atom. The third-order valence-electron chi connectivity index (χ3n) is 7.82. The monoisotopic (exact) mass is 486 g/mol. The van der Waals surface area contributed by atoms with Gasteiger partial charge in [-0.3, -0.25) is 29.0 Å². The highest BCUT2D eigenvalue weighted by atomic mass is 16.5. The van der Waals surface area contributed by atoms with Crippen molar-refractivity contribution >= 4 is 35.0 Å². The second-order valence-electron chi connectivity index (χ2n) is 9.52. The van der Waals surface area contributed by atoms with Crippen LogP contribution in [0.3, 0.4) is 0 Å². The molecule has 6 atom stereocenters. The van der Waals surface area contributed by atoms with Gasteiger partial charge >= 0.3 is 0 Å². The topological polar surface area (TPSA) is 93.2 Å². The molecule has 4 amide bonds. The second-order valence-corrected chi connectivity index (χ2v) is 9.52. The quantitative estimate of drug-likeness (QED) is 0.460. The van der Waals surface area contributed by atoms with Gasteiger partial charge < -0.3 is 9.47 Å². The third kappa shape index (κ3) is 3.06. The number of amides is 4. The van der Waals surface area contributed by atoms with Crippen LogP contribution < -0.4 is 19.3 Å². The standard InChI is InChI=1S/C28H26N2O6/c1-3-35-17-9-5-15(6-10-17)29-25(31)21-19-13-14-20(22(21)26(29)32)24-23(19)27(33)30(28(24)34)16-7-11-18(12-8-16)36-4-2/h5-14,19-24H,3-4H2,1-2H3/t19?,20?,21-,22-,23-,24+/m0/s1. The first-order valence-electron chi connectivity index (χ1n) is 12.4. The molecule has 0 N–H and O–H groups in total. The minimum atomic E-state index is -0.655. The van der Waals surface area contributed by atoms with Crippen molar-refractivity contribution in [2.45, 2.75) is 13.8 Å². The number of allylic oxidation sites excluding steroid dienone is 2. The van der Waals surface area contributed by atoms with Crippen molar-refractivity contribution in [1.29, 1.82) is 0 Å². The summed E-state index contributed by atoms with van der Waals surface area (Å²) in [5, 5.41) is 0. The predicted molar refractivity (Wildman–Crippen MR) is 130 cm³/mol. The summed E-state index contributed by atoms with van der Waals surface area (Å²) in [4.78, 5) is 56.8. The molecule has 2 aromatic rings. The van der Waals surface area contributed by atoms with Crippen LogP contribution in [0, 0.1) is 35.5 Å². The first-order chi connectivity index (χ1) is 17.5. The van der Waals surface area contributed by atoms with Crippen LogP contribution in [0.15, 0.2) is 60.7 Å². The van der Waals surface area contributed by atoms with Crippen LogP contribution in [0.2, 0.25) is 0 Å². The molecule has 2 unspecified atom stereocenters. The van der Waals surface area contributed by atoms with Gasteiger partial charge in [0.2, 0.25) is 23.6 Å². The van der Waals surface area contributed by atoms with E-state index in [0.29, 0.717) is 36.1 Å². The zero-order chi connectivity index (χ0) is 25.1. The molecule has 2 heterocycles. The Bertz CT molecular complexity index is 1140. The Labute approximate surface area is 208 Å². The maximum Gasteiger partial charge on any atom is 0.238 e. The number of ether oxygens (including phenoxy) is 2. The van der Waals surface area contributed by atoms with Crippen molar-refractivity contribution in [2.75, 3.05) is 23.0 Å². The van der Waals surface area contributed by atoms with Crippen LogP contribution >= 0.6 is 0 Å². The Morgan fingerprint density at radius 3 is 1.14 bits per heavy atom. The minimum absolute atomic E-state index is 0.313. The fourth-order valence-corrected chi connectivity index (χ4v) is 6.45. The van der Waals surface area contributed by atoms with Gasteiger partial charge in [-0.25, -0.2) is 0 Å². The Kier molecular flexibility index (Phi) is 5.21. The summed E-state index contributed by atoms with van der Waals surface area (Å²) >= 11 is 0. The normalized spacial score (nSPS) is 30.2. The highest BCUT2D eigenvalue weighted by Gasteiger charge is 2.68. The number of anilines is 2. The second kappa shape index (κ2) is 8.33. The molecule has 2 saturated heterocycles. The molecule has 3 fully saturated rings. The summed E-state index contributed by atoms with van der Waals surface area (Å²) in [5.74, 6) is -3.57. The van der Waals surface area contributed by atoms with Gasteiger partial charge in [0.05, 0.1) is 48.3 Å². The molecule has 0 aromatic heterocycles. The van der Waals surface area contributed by atoms with E-state index < -0.39 is 35.5 Å².